The fourth-order valence-corrected chi connectivity index (χ4v) is 2.66. The quantitative estimate of drug-likeness (QED) is 0.711. The maximum Gasteiger partial charge on any atom is 0.162 e. The minimum absolute atomic E-state index is 0.545. The molecule has 17 heavy (non-hydrogen) atoms. The molecule has 3 aromatic rings. The molecule has 3 nitrogen and oxygen atoms in total. The SMILES string of the molecule is Cc1cnc(-c2cccc3ccsc23)nc1N. The summed E-state index contributed by atoms with van der Waals surface area (Å²) in [6, 6.07) is 8.24. The van der Waals surface area contributed by atoms with Gasteiger partial charge in [0, 0.05) is 22.0 Å². The molecule has 3 rings (SSSR count). The highest BCUT2D eigenvalue weighted by Gasteiger charge is 2.08. The molecule has 0 saturated carbocycles. The van der Waals surface area contributed by atoms with Gasteiger partial charge in [0.05, 0.1) is 0 Å². The highest BCUT2D eigenvalue weighted by Crippen LogP contribution is 2.30. The lowest BCUT2D eigenvalue weighted by Crippen LogP contribution is -1.98. The topological polar surface area (TPSA) is 51.8 Å². The monoisotopic (exact) mass is 241 g/mol. The van der Waals surface area contributed by atoms with E-state index in [1.165, 1.54) is 10.1 Å². The Hall–Kier alpha value is -1.94. The Morgan fingerprint density at radius 1 is 1.24 bits per heavy atom. The average molecular weight is 241 g/mol. The van der Waals surface area contributed by atoms with Crippen molar-refractivity contribution in [3.8, 4) is 11.4 Å². The number of rotatable bonds is 1. The smallest absolute Gasteiger partial charge is 0.162 e. The minimum atomic E-state index is 0.545. The largest absolute Gasteiger partial charge is 0.383 e. The molecule has 0 aliphatic carbocycles. The molecule has 0 fully saturated rings. The van der Waals surface area contributed by atoms with E-state index < -0.39 is 0 Å². The van der Waals surface area contributed by atoms with Crippen molar-refractivity contribution in [3.63, 3.8) is 0 Å². The third-order valence-electron chi connectivity index (χ3n) is 2.73. The molecule has 0 amide bonds. The Bertz CT molecular complexity index is 688. The van der Waals surface area contributed by atoms with Crippen molar-refractivity contribution in [3.05, 3.63) is 41.4 Å². The number of thiophene rings is 1. The molecule has 0 atom stereocenters. The summed E-state index contributed by atoms with van der Waals surface area (Å²) in [6.45, 7) is 1.91. The summed E-state index contributed by atoms with van der Waals surface area (Å²) < 4.78 is 1.20. The van der Waals surface area contributed by atoms with E-state index in [4.69, 9.17) is 5.73 Å². The van der Waals surface area contributed by atoms with Crippen LogP contribution >= 0.6 is 11.3 Å². The average Bonchev–Trinajstić information content (AvgIpc) is 2.80. The fraction of sp³-hybridized carbons (Fsp3) is 0.0769. The summed E-state index contributed by atoms with van der Waals surface area (Å²) in [6.07, 6.45) is 1.77. The van der Waals surface area contributed by atoms with Gasteiger partial charge < -0.3 is 5.73 Å². The molecule has 0 unspecified atom stereocenters. The van der Waals surface area contributed by atoms with Gasteiger partial charge in [0.25, 0.3) is 0 Å². The lowest BCUT2D eigenvalue weighted by atomic mass is 10.1. The van der Waals surface area contributed by atoms with Crippen LogP contribution in [0.3, 0.4) is 0 Å². The van der Waals surface area contributed by atoms with Crippen LogP contribution in [-0.2, 0) is 0 Å². The maximum absolute atomic E-state index is 5.83. The van der Waals surface area contributed by atoms with Crippen LogP contribution in [0.2, 0.25) is 0 Å². The molecule has 0 aliphatic heterocycles. The van der Waals surface area contributed by atoms with E-state index in [1.54, 1.807) is 17.5 Å². The van der Waals surface area contributed by atoms with E-state index >= 15 is 0 Å². The van der Waals surface area contributed by atoms with Gasteiger partial charge in [0.15, 0.2) is 5.82 Å². The van der Waals surface area contributed by atoms with Crippen molar-refractivity contribution in [2.24, 2.45) is 0 Å². The maximum atomic E-state index is 5.83. The Morgan fingerprint density at radius 3 is 2.94 bits per heavy atom. The van der Waals surface area contributed by atoms with Crippen molar-refractivity contribution in [1.29, 1.82) is 0 Å². The predicted molar refractivity (Wildman–Crippen MR) is 72.0 cm³/mol. The highest BCUT2D eigenvalue weighted by molar-refractivity contribution is 7.17. The van der Waals surface area contributed by atoms with Crippen molar-refractivity contribution >= 4 is 27.2 Å². The first-order chi connectivity index (χ1) is 8.25. The minimum Gasteiger partial charge on any atom is -0.383 e. The van der Waals surface area contributed by atoms with E-state index in [0.717, 1.165) is 11.1 Å². The Labute approximate surface area is 103 Å². The van der Waals surface area contributed by atoms with E-state index in [9.17, 15) is 0 Å². The molecule has 84 valence electrons. The van der Waals surface area contributed by atoms with Crippen LogP contribution < -0.4 is 5.73 Å². The van der Waals surface area contributed by atoms with E-state index in [2.05, 4.69) is 27.5 Å². The molecule has 0 saturated heterocycles. The van der Waals surface area contributed by atoms with Crippen molar-refractivity contribution < 1.29 is 0 Å². The number of hydrogen-bond acceptors (Lipinski definition) is 4. The van der Waals surface area contributed by atoms with Gasteiger partial charge in [-0.15, -0.1) is 11.3 Å². The summed E-state index contributed by atoms with van der Waals surface area (Å²) in [5.74, 6) is 1.24. The summed E-state index contributed by atoms with van der Waals surface area (Å²) >= 11 is 1.70. The second-order valence-corrected chi connectivity index (χ2v) is 4.82. The Kier molecular flexibility index (Phi) is 2.30. The van der Waals surface area contributed by atoms with Crippen molar-refractivity contribution in [2.45, 2.75) is 6.92 Å². The lowest BCUT2D eigenvalue weighted by molar-refractivity contribution is 1.15. The molecule has 1 aromatic carbocycles. The van der Waals surface area contributed by atoms with Gasteiger partial charge in [0.2, 0.25) is 0 Å². The second-order valence-electron chi connectivity index (χ2n) is 3.91. The van der Waals surface area contributed by atoms with E-state index in [1.807, 2.05) is 19.1 Å². The van der Waals surface area contributed by atoms with Crippen molar-refractivity contribution in [2.75, 3.05) is 5.73 Å². The molecule has 4 heteroatoms. The van der Waals surface area contributed by atoms with E-state index in [-0.39, 0.29) is 0 Å². The second kappa shape index (κ2) is 3.82. The Morgan fingerprint density at radius 2 is 2.12 bits per heavy atom. The van der Waals surface area contributed by atoms with Gasteiger partial charge in [0.1, 0.15) is 5.82 Å². The number of nitrogens with zero attached hydrogens (tertiary/aromatic N) is 2. The zero-order chi connectivity index (χ0) is 11.8. The number of aromatic nitrogens is 2. The molecule has 0 bridgehead atoms. The van der Waals surface area contributed by atoms with Gasteiger partial charge in [-0.2, -0.15) is 0 Å². The molecule has 2 heterocycles. The van der Waals surface area contributed by atoms with Gasteiger partial charge in [-0.3, -0.25) is 0 Å². The van der Waals surface area contributed by atoms with Crippen LogP contribution in [0.5, 0.6) is 0 Å². The number of benzene rings is 1. The number of anilines is 1. The van der Waals surface area contributed by atoms with Crippen LogP contribution in [-0.4, -0.2) is 9.97 Å². The van der Waals surface area contributed by atoms with E-state index in [0.29, 0.717) is 11.6 Å². The first-order valence-electron chi connectivity index (χ1n) is 5.31. The first kappa shape index (κ1) is 10.2. The third-order valence-corrected chi connectivity index (χ3v) is 3.69. The summed E-state index contributed by atoms with van der Waals surface area (Å²) in [4.78, 5) is 8.70. The summed E-state index contributed by atoms with van der Waals surface area (Å²) in [5.41, 5.74) is 7.78. The van der Waals surface area contributed by atoms with Gasteiger partial charge in [-0.1, -0.05) is 12.1 Å². The first-order valence-corrected chi connectivity index (χ1v) is 6.19. The van der Waals surface area contributed by atoms with Gasteiger partial charge in [-0.25, -0.2) is 9.97 Å². The van der Waals surface area contributed by atoms with Crippen LogP contribution in [0.1, 0.15) is 5.56 Å². The third kappa shape index (κ3) is 1.66. The summed E-state index contributed by atoms with van der Waals surface area (Å²) in [7, 11) is 0. The molecule has 2 aromatic heterocycles. The van der Waals surface area contributed by atoms with Crippen LogP contribution in [0, 0.1) is 6.92 Å². The number of nitrogen functional groups attached to an aromatic ring is 1. The van der Waals surface area contributed by atoms with Crippen molar-refractivity contribution in [1.82, 2.24) is 9.97 Å². The molecule has 0 spiro atoms. The molecule has 2 N–H and O–H groups in total. The number of fused-ring (bicyclic) bond motifs is 1. The predicted octanol–water partition coefficient (Wildman–Crippen LogP) is 3.25. The standard InChI is InChI=1S/C13H11N3S/c1-8-7-15-13(16-12(8)14)10-4-2-3-9-5-6-17-11(9)10/h2-7H,1H3,(H2,14,15,16). The summed E-state index contributed by atoms with van der Waals surface area (Å²) in [5, 5.41) is 3.29. The number of nitrogens with two attached hydrogens (primary N) is 1. The number of aryl methyl sites for hydroxylation is 1. The molecular formula is C13H11N3S. The highest BCUT2D eigenvalue weighted by atomic mass is 32.1. The van der Waals surface area contributed by atoms with Gasteiger partial charge in [-0.05, 0) is 29.8 Å². The molecule has 0 radical (unpaired) electrons. The normalized spacial score (nSPS) is 10.9. The van der Waals surface area contributed by atoms with Crippen LogP contribution in [0.15, 0.2) is 35.8 Å². The number of hydrogen-bond donors (Lipinski definition) is 1. The zero-order valence-corrected chi connectivity index (χ0v) is 10.2. The van der Waals surface area contributed by atoms with Gasteiger partial charge >= 0.3 is 0 Å². The molecule has 0 aliphatic rings. The molecular weight excluding hydrogens is 230 g/mol. The lowest BCUT2D eigenvalue weighted by Gasteiger charge is -2.04. The Balaban J connectivity index is 2.26. The van der Waals surface area contributed by atoms with Crippen LogP contribution in [0.4, 0.5) is 5.82 Å². The fourth-order valence-electron chi connectivity index (χ4n) is 1.75. The zero-order valence-electron chi connectivity index (χ0n) is 9.34. The van der Waals surface area contributed by atoms with Crippen LogP contribution in [0.25, 0.3) is 21.5 Å².